The van der Waals surface area contributed by atoms with E-state index in [-0.39, 0.29) is 0 Å². The van der Waals surface area contributed by atoms with Crippen molar-refractivity contribution in [3.63, 3.8) is 0 Å². The van der Waals surface area contributed by atoms with E-state index in [0.29, 0.717) is 0 Å². The van der Waals surface area contributed by atoms with Crippen molar-refractivity contribution in [1.29, 1.82) is 0 Å². The number of likely N-dealkylation sites (tertiary alicyclic amines) is 1. The van der Waals surface area contributed by atoms with Crippen LogP contribution in [0.4, 0.5) is 5.82 Å². The summed E-state index contributed by atoms with van der Waals surface area (Å²) < 4.78 is 0. The number of nitrogens with zero attached hydrogens (tertiary/aromatic N) is 2. The van der Waals surface area contributed by atoms with Crippen molar-refractivity contribution in [2.24, 2.45) is 0 Å². The van der Waals surface area contributed by atoms with Crippen LogP contribution in [0, 0.1) is 0 Å². The molecule has 0 amide bonds. The lowest BCUT2D eigenvalue weighted by atomic mass is 10.0. The first-order valence-corrected chi connectivity index (χ1v) is 6.16. The van der Waals surface area contributed by atoms with Gasteiger partial charge in [-0.05, 0) is 44.0 Å². The molecule has 1 aliphatic rings. The summed E-state index contributed by atoms with van der Waals surface area (Å²) in [6.45, 7) is 4.62. The summed E-state index contributed by atoms with van der Waals surface area (Å²) in [5, 5.41) is 3.09. The van der Waals surface area contributed by atoms with E-state index in [1.54, 1.807) is 0 Å². The van der Waals surface area contributed by atoms with Crippen molar-refractivity contribution in [3.05, 3.63) is 23.9 Å². The molecule has 1 aliphatic heterocycles. The minimum Gasteiger partial charge on any atom is -0.373 e. The number of piperidine rings is 1. The van der Waals surface area contributed by atoms with Crippen LogP contribution in [0.15, 0.2) is 18.3 Å². The minimum absolute atomic E-state index is 0.722. The number of hydrogen-bond donors (Lipinski definition) is 1. The van der Waals surface area contributed by atoms with Gasteiger partial charge in [0.05, 0.1) is 0 Å². The molecule has 0 bridgehead atoms. The van der Waals surface area contributed by atoms with E-state index < -0.39 is 0 Å². The zero-order valence-electron chi connectivity index (χ0n) is 10.2. The highest BCUT2D eigenvalue weighted by atomic mass is 15.2. The van der Waals surface area contributed by atoms with Crippen LogP contribution >= 0.6 is 0 Å². The highest BCUT2D eigenvalue weighted by molar-refractivity contribution is 5.36. The molecule has 16 heavy (non-hydrogen) atoms. The fourth-order valence-corrected chi connectivity index (χ4v) is 2.34. The van der Waals surface area contributed by atoms with Crippen LogP contribution in [0.3, 0.4) is 0 Å². The van der Waals surface area contributed by atoms with E-state index in [2.05, 4.69) is 34.3 Å². The molecule has 0 radical (unpaired) electrons. The van der Waals surface area contributed by atoms with Crippen LogP contribution in [-0.2, 0) is 6.54 Å². The summed E-state index contributed by atoms with van der Waals surface area (Å²) in [5.41, 5.74) is 1.35. The molecule has 1 aromatic rings. The molecule has 0 saturated carbocycles. The zero-order valence-corrected chi connectivity index (χ0v) is 10.2. The molecular formula is C13H21N3. The molecule has 88 valence electrons. The Morgan fingerprint density at radius 2 is 2.38 bits per heavy atom. The summed E-state index contributed by atoms with van der Waals surface area (Å²) in [6.07, 6.45) is 5.95. The monoisotopic (exact) mass is 219 g/mol. The quantitative estimate of drug-likeness (QED) is 0.846. The van der Waals surface area contributed by atoms with Gasteiger partial charge in [0, 0.05) is 25.8 Å². The molecule has 2 heterocycles. The lowest BCUT2D eigenvalue weighted by molar-refractivity contribution is 0.152. The van der Waals surface area contributed by atoms with Crippen molar-refractivity contribution in [2.75, 3.05) is 18.9 Å². The molecule has 2 rings (SSSR count). The Morgan fingerprint density at radius 1 is 1.50 bits per heavy atom. The fraction of sp³-hybridized carbons (Fsp3) is 0.615. The van der Waals surface area contributed by atoms with Crippen molar-refractivity contribution in [3.8, 4) is 0 Å². The molecule has 0 aromatic carbocycles. The predicted molar refractivity (Wildman–Crippen MR) is 67.5 cm³/mol. The summed E-state index contributed by atoms with van der Waals surface area (Å²) in [5.74, 6) is 0.960. The second-order valence-corrected chi connectivity index (χ2v) is 4.61. The molecule has 1 N–H and O–H groups in total. The first-order chi connectivity index (χ1) is 7.79. The standard InChI is InChI=1S/C13H21N3/c1-11-5-3-4-8-16(11)10-12-6-7-15-13(9-12)14-2/h6-7,9,11H,3-5,8,10H2,1-2H3,(H,14,15). The number of rotatable bonds is 3. The van der Waals surface area contributed by atoms with Crippen LogP contribution in [0.25, 0.3) is 0 Å². The maximum Gasteiger partial charge on any atom is 0.125 e. The third kappa shape index (κ3) is 2.73. The lowest BCUT2D eigenvalue weighted by Gasteiger charge is -2.33. The van der Waals surface area contributed by atoms with E-state index >= 15 is 0 Å². The number of nitrogens with one attached hydrogen (secondary N) is 1. The molecule has 1 aromatic heterocycles. The number of aromatic nitrogens is 1. The van der Waals surface area contributed by atoms with Gasteiger partial charge in [0.2, 0.25) is 0 Å². The molecule has 1 unspecified atom stereocenters. The van der Waals surface area contributed by atoms with Crippen LogP contribution in [-0.4, -0.2) is 29.5 Å². The smallest absolute Gasteiger partial charge is 0.125 e. The number of hydrogen-bond acceptors (Lipinski definition) is 3. The van der Waals surface area contributed by atoms with Crippen molar-refractivity contribution in [1.82, 2.24) is 9.88 Å². The topological polar surface area (TPSA) is 28.2 Å². The predicted octanol–water partition coefficient (Wildman–Crippen LogP) is 2.50. The van der Waals surface area contributed by atoms with Crippen molar-refractivity contribution < 1.29 is 0 Å². The van der Waals surface area contributed by atoms with Gasteiger partial charge in [0.25, 0.3) is 0 Å². The van der Waals surface area contributed by atoms with E-state index in [1.807, 2.05) is 13.2 Å². The summed E-state index contributed by atoms with van der Waals surface area (Å²) in [6, 6.07) is 4.98. The fourth-order valence-electron chi connectivity index (χ4n) is 2.34. The Bertz CT molecular complexity index is 338. The maximum atomic E-state index is 4.24. The molecule has 0 spiro atoms. The van der Waals surface area contributed by atoms with Crippen LogP contribution in [0.2, 0.25) is 0 Å². The molecule has 1 saturated heterocycles. The van der Waals surface area contributed by atoms with Gasteiger partial charge in [-0.3, -0.25) is 4.90 Å². The van der Waals surface area contributed by atoms with Crippen molar-refractivity contribution >= 4 is 5.82 Å². The Kier molecular flexibility index (Phi) is 3.78. The summed E-state index contributed by atoms with van der Waals surface area (Å²) in [7, 11) is 1.91. The van der Waals surface area contributed by atoms with Crippen LogP contribution in [0.5, 0.6) is 0 Å². The largest absolute Gasteiger partial charge is 0.373 e. The highest BCUT2D eigenvalue weighted by Crippen LogP contribution is 2.19. The average Bonchev–Trinajstić information content (AvgIpc) is 2.32. The molecule has 3 nitrogen and oxygen atoms in total. The van der Waals surface area contributed by atoms with Crippen LogP contribution < -0.4 is 5.32 Å². The van der Waals surface area contributed by atoms with E-state index in [1.165, 1.54) is 31.4 Å². The van der Waals surface area contributed by atoms with Gasteiger partial charge < -0.3 is 5.32 Å². The second kappa shape index (κ2) is 5.30. The Labute approximate surface area is 97.9 Å². The lowest BCUT2D eigenvalue weighted by Crippen LogP contribution is -2.36. The zero-order chi connectivity index (χ0) is 11.4. The normalized spacial score (nSPS) is 22.0. The van der Waals surface area contributed by atoms with Gasteiger partial charge in [-0.25, -0.2) is 4.98 Å². The van der Waals surface area contributed by atoms with E-state index in [9.17, 15) is 0 Å². The first kappa shape index (κ1) is 11.4. The highest BCUT2D eigenvalue weighted by Gasteiger charge is 2.17. The molecular weight excluding hydrogens is 198 g/mol. The van der Waals surface area contributed by atoms with Gasteiger partial charge in [0.15, 0.2) is 0 Å². The molecule has 0 aliphatic carbocycles. The number of anilines is 1. The molecule has 1 fully saturated rings. The molecule has 1 atom stereocenters. The Morgan fingerprint density at radius 3 is 3.12 bits per heavy atom. The minimum atomic E-state index is 0.722. The second-order valence-electron chi connectivity index (χ2n) is 4.61. The third-order valence-corrected chi connectivity index (χ3v) is 3.41. The number of pyridine rings is 1. The summed E-state index contributed by atoms with van der Waals surface area (Å²) in [4.78, 5) is 6.81. The van der Waals surface area contributed by atoms with Gasteiger partial charge >= 0.3 is 0 Å². The summed E-state index contributed by atoms with van der Waals surface area (Å²) >= 11 is 0. The third-order valence-electron chi connectivity index (χ3n) is 3.41. The van der Waals surface area contributed by atoms with Gasteiger partial charge in [-0.15, -0.1) is 0 Å². The van der Waals surface area contributed by atoms with Crippen LogP contribution in [0.1, 0.15) is 31.7 Å². The average molecular weight is 219 g/mol. The first-order valence-electron chi connectivity index (χ1n) is 6.16. The molecule has 3 heteroatoms. The SMILES string of the molecule is CNc1cc(CN2CCCCC2C)ccn1. The van der Waals surface area contributed by atoms with Gasteiger partial charge in [0.1, 0.15) is 5.82 Å². The maximum absolute atomic E-state index is 4.24. The Balaban J connectivity index is 2.01. The van der Waals surface area contributed by atoms with Gasteiger partial charge in [-0.2, -0.15) is 0 Å². The van der Waals surface area contributed by atoms with Gasteiger partial charge in [-0.1, -0.05) is 6.42 Å². The van der Waals surface area contributed by atoms with E-state index in [4.69, 9.17) is 0 Å². The van der Waals surface area contributed by atoms with Crippen molar-refractivity contribution in [2.45, 2.75) is 38.8 Å². The Hall–Kier alpha value is -1.09. The van der Waals surface area contributed by atoms with E-state index in [0.717, 1.165) is 18.4 Å².